The zero-order valence-corrected chi connectivity index (χ0v) is 16.0. The molecule has 1 aromatic carbocycles. The molecule has 1 atom stereocenters. The highest BCUT2D eigenvalue weighted by Gasteiger charge is 2.19. The molecular formula is C20H27N5O2. The lowest BCUT2D eigenvalue weighted by atomic mass is 10.1. The van der Waals surface area contributed by atoms with Crippen LogP contribution in [0.1, 0.15) is 18.9 Å². The predicted molar refractivity (Wildman–Crippen MR) is 108 cm³/mol. The summed E-state index contributed by atoms with van der Waals surface area (Å²) in [6.45, 7) is 9.25. The lowest BCUT2D eigenvalue weighted by Gasteiger charge is -2.36. The number of aromatic nitrogens is 1. The first-order valence-electron chi connectivity index (χ1n) is 9.43. The van der Waals surface area contributed by atoms with Crippen molar-refractivity contribution >= 4 is 17.2 Å². The van der Waals surface area contributed by atoms with E-state index in [1.807, 2.05) is 6.92 Å². The van der Waals surface area contributed by atoms with Crippen LogP contribution in [-0.4, -0.2) is 53.6 Å². The third-order valence-electron chi connectivity index (χ3n) is 4.98. The number of aryl methyl sites for hydroxylation is 1. The molecule has 0 unspecified atom stereocenters. The van der Waals surface area contributed by atoms with Gasteiger partial charge in [-0.3, -0.25) is 15.0 Å². The summed E-state index contributed by atoms with van der Waals surface area (Å²) in [6, 6.07) is 11.8. The van der Waals surface area contributed by atoms with Crippen molar-refractivity contribution in [3.63, 3.8) is 0 Å². The number of nitrogens with one attached hydrogen (secondary N) is 1. The molecule has 3 rings (SSSR count). The van der Waals surface area contributed by atoms with E-state index in [2.05, 4.69) is 51.3 Å². The number of rotatable bonds is 7. The lowest BCUT2D eigenvalue weighted by Crippen LogP contribution is -2.47. The van der Waals surface area contributed by atoms with Crippen LogP contribution in [0.15, 0.2) is 42.6 Å². The fourth-order valence-corrected chi connectivity index (χ4v) is 3.39. The van der Waals surface area contributed by atoms with E-state index in [1.165, 1.54) is 17.3 Å². The average molecular weight is 369 g/mol. The fourth-order valence-electron chi connectivity index (χ4n) is 3.39. The van der Waals surface area contributed by atoms with E-state index in [1.54, 1.807) is 12.3 Å². The summed E-state index contributed by atoms with van der Waals surface area (Å²) in [7, 11) is 0. The highest BCUT2D eigenvalue weighted by molar-refractivity contribution is 5.55. The van der Waals surface area contributed by atoms with E-state index >= 15 is 0 Å². The number of benzene rings is 1. The quantitative estimate of drug-likeness (QED) is 0.596. The summed E-state index contributed by atoms with van der Waals surface area (Å²) in [5.74, 6) is 0.347. The minimum Gasteiger partial charge on any atom is -0.369 e. The van der Waals surface area contributed by atoms with Crippen molar-refractivity contribution in [2.75, 3.05) is 42.9 Å². The second kappa shape index (κ2) is 8.81. The highest BCUT2D eigenvalue weighted by atomic mass is 16.6. The molecule has 0 amide bonds. The molecule has 0 aliphatic carbocycles. The predicted octanol–water partition coefficient (Wildman–Crippen LogP) is 3.31. The van der Waals surface area contributed by atoms with Gasteiger partial charge >= 0.3 is 5.69 Å². The van der Waals surface area contributed by atoms with Crippen molar-refractivity contribution in [2.24, 2.45) is 0 Å². The first kappa shape index (κ1) is 19.1. The average Bonchev–Trinajstić information content (AvgIpc) is 2.67. The van der Waals surface area contributed by atoms with Crippen LogP contribution in [-0.2, 0) is 0 Å². The zero-order chi connectivity index (χ0) is 19.2. The number of nitro groups is 1. The van der Waals surface area contributed by atoms with Crippen LogP contribution in [0.25, 0.3) is 0 Å². The topological polar surface area (TPSA) is 74.5 Å². The van der Waals surface area contributed by atoms with Crippen LogP contribution in [0.4, 0.5) is 17.2 Å². The third kappa shape index (κ3) is 5.17. The van der Waals surface area contributed by atoms with Gasteiger partial charge in [0.1, 0.15) is 0 Å². The molecule has 2 heterocycles. The molecule has 1 N–H and O–H groups in total. The summed E-state index contributed by atoms with van der Waals surface area (Å²) >= 11 is 0. The van der Waals surface area contributed by atoms with Crippen molar-refractivity contribution in [1.82, 2.24) is 9.88 Å². The van der Waals surface area contributed by atoms with Crippen LogP contribution in [0.3, 0.4) is 0 Å². The minimum atomic E-state index is -0.396. The minimum absolute atomic E-state index is 0.0242. The molecule has 0 bridgehead atoms. The molecule has 1 aliphatic heterocycles. The van der Waals surface area contributed by atoms with Crippen LogP contribution < -0.4 is 10.2 Å². The van der Waals surface area contributed by atoms with Gasteiger partial charge in [0.05, 0.1) is 4.92 Å². The highest BCUT2D eigenvalue weighted by Crippen LogP contribution is 2.22. The summed E-state index contributed by atoms with van der Waals surface area (Å²) in [5, 5.41) is 14.3. The molecule has 1 aliphatic rings. The van der Waals surface area contributed by atoms with Crippen LogP contribution in [0.2, 0.25) is 0 Å². The normalized spacial score (nSPS) is 16.1. The summed E-state index contributed by atoms with van der Waals surface area (Å²) < 4.78 is 0. The number of anilines is 2. The SMILES string of the molecule is Cc1cccc(N2CCN(CC[C@H](C)Nc3ncccc3[N+](=O)[O-])CC2)c1. The summed E-state index contributed by atoms with van der Waals surface area (Å²) in [5.41, 5.74) is 2.61. The maximum absolute atomic E-state index is 11.1. The second-order valence-electron chi connectivity index (χ2n) is 7.13. The van der Waals surface area contributed by atoms with Gasteiger partial charge in [-0.05, 0) is 44.0 Å². The molecule has 1 aromatic heterocycles. The van der Waals surface area contributed by atoms with Crippen molar-refractivity contribution in [3.05, 3.63) is 58.3 Å². The molecule has 7 heteroatoms. The Kier molecular flexibility index (Phi) is 6.24. The second-order valence-corrected chi connectivity index (χ2v) is 7.13. The molecule has 0 radical (unpaired) electrons. The fraction of sp³-hybridized carbons (Fsp3) is 0.450. The smallest absolute Gasteiger partial charge is 0.311 e. The standard InChI is InChI=1S/C20H27N5O2/c1-16-5-3-6-18(15-16)24-13-11-23(12-14-24)10-8-17(2)22-20-19(25(26)27)7-4-9-21-20/h3-7,9,15,17H,8,10-14H2,1-2H3,(H,21,22)/t17-/m0/s1. The molecule has 0 spiro atoms. The van der Waals surface area contributed by atoms with E-state index in [9.17, 15) is 10.1 Å². The van der Waals surface area contributed by atoms with Crippen molar-refractivity contribution in [1.29, 1.82) is 0 Å². The van der Waals surface area contributed by atoms with Gasteiger partial charge in [-0.15, -0.1) is 0 Å². The van der Waals surface area contributed by atoms with Crippen LogP contribution in [0, 0.1) is 17.0 Å². The Morgan fingerprint density at radius 3 is 2.70 bits per heavy atom. The number of piperazine rings is 1. The van der Waals surface area contributed by atoms with Gasteiger partial charge in [-0.2, -0.15) is 0 Å². The van der Waals surface area contributed by atoms with Crippen molar-refractivity contribution < 1.29 is 4.92 Å². The van der Waals surface area contributed by atoms with Gasteiger partial charge < -0.3 is 10.2 Å². The van der Waals surface area contributed by atoms with Crippen LogP contribution >= 0.6 is 0 Å². The maximum atomic E-state index is 11.1. The van der Waals surface area contributed by atoms with E-state index < -0.39 is 4.92 Å². The first-order chi connectivity index (χ1) is 13.0. The van der Waals surface area contributed by atoms with Gasteiger partial charge in [0.25, 0.3) is 0 Å². The van der Waals surface area contributed by atoms with Crippen molar-refractivity contribution in [3.8, 4) is 0 Å². The Hall–Kier alpha value is -2.67. The molecule has 1 saturated heterocycles. The number of hydrogen-bond donors (Lipinski definition) is 1. The van der Waals surface area contributed by atoms with Gasteiger partial charge in [0, 0.05) is 56.7 Å². The Labute approximate surface area is 160 Å². The van der Waals surface area contributed by atoms with Gasteiger partial charge in [0.2, 0.25) is 5.82 Å². The first-order valence-corrected chi connectivity index (χ1v) is 9.43. The lowest BCUT2D eigenvalue weighted by molar-refractivity contribution is -0.384. The van der Waals surface area contributed by atoms with Gasteiger partial charge in [-0.1, -0.05) is 12.1 Å². The number of nitrogens with zero attached hydrogens (tertiary/aromatic N) is 4. The Morgan fingerprint density at radius 1 is 1.22 bits per heavy atom. The number of hydrogen-bond acceptors (Lipinski definition) is 6. The largest absolute Gasteiger partial charge is 0.369 e. The molecular weight excluding hydrogens is 342 g/mol. The number of pyridine rings is 1. The summed E-state index contributed by atoms with van der Waals surface area (Å²) in [6.07, 6.45) is 2.49. The Bertz CT molecular complexity index is 774. The van der Waals surface area contributed by atoms with Gasteiger partial charge in [-0.25, -0.2) is 4.98 Å². The maximum Gasteiger partial charge on any atom is 0.311 e. The third-order valence-corrected chi connectivity index (χ3v) is 4.98. The molecule has 1 fully saturated rings. The Balaban J connectivity index is 1.45. The Morgan fingerprint density at radius 2 is 2.00 bits per heavy atom. The molecule has 2 aromatic rings. The molecule has 0 saturated carbocycles. The van der Waals surface area contributed by atoms with Crippen molar-refractivity contribution in [2.45, 2.75) is 26.3 Å². The van der Waals surface area contributed by atoms with E-state index in [0.717, 1.165) is 39.1 Å². The molecule has 7 nitrogen and oxygen atoms in total. The monoisotopic (exact) mass is 369 g/mol. The van der Waals surface area contributed by atoms with E-state index in [-0.39, 0.29) is 11.7 Å². The summed E-state index contributed by atoms with van der Waals surface area (Å²) in [4.78, 5) is 19.7. The van der Waals surface area contributed by atoms with Gasteiger partial charge in [0.15, 0.2) is 0 Å². The zero-order valence-electron chi connectivity index (χ0n) is 16.0. The van der Waals surface area contributed by atoms with E-state index in [4.69, 9.17) is 0 Å². The van der Waals surface area contributed by atoms with Crippen LogP contribution in [0.5, 0.6) is 0 Å². The van der Waals surface area contributed by atoms with E-state index in [0.29, 0.717) is 5.82 Å². The molecule has 144 valence electrons. The molecule has 27 heavy (non-hydrogen) atoms.